The van der Waals surface area contributed by atoms with E-state index in [-0.39, 0.29) is 10.8 Å². The van der Waals surface area contributed by atoms with Crippen LogP contribution in [-0.2, 0) is 0 Å². The van der Waals surface area contributed by atoms with Gasteiger partial charge in [-0.25, -0.2) is 0 Å². The summed E-state index contributed by atoms with van der Waals surface area (Å²) in [4.78, 5) is 16.1. The van der Waals surface area contributed by atoms with Gasteiger partial charge in [0.05, 0.1) is 5.92 Å². The number of benzene rings is 3. The zero-order valence-electron chi connectivity index (χ0n) is 17.3. The molecule has 1 atom stereocenters. The van der Waals surface area contributed by atoms with Gasteiger partial charge in [-0.05, 0) is 35.4 Å². The van der Waals surface area contributed by atoms with Gasteiger partial charge in [-0.15, -0.1) is 0 Å². The van der Waals surface area contributed by atoms with E-state index in [1.165, 1.54) is 0 Å². The predicted octanol–water partition coefficient (Wildman–Crippen LogP) is 4.97. The Kier molecular flexibility index (Phi) is 6.17. The van der Waals surface area contributed by atoms with Crippen LogP contribution in [0.4, 0.5) is 11.4 Å². The predicted molar refractivity (Wildman–Crippen MR) is 120 cm³/mol. The van der Waals surface area contributed by atoms with Gasteiger partial charge in [0.15, 0.2) is 0 Å². The molecule has 3 aromatic carbocycles. The van der Waals surface area contributed by atoms with E-state index in [0.717, 1.165) is 22.5 Å². The standard InChI is InChI=1S/C24H27N3O2/c1-25(2)21-14-10-18(11-15-21)23(19-12-16-22(17-13-19)26(3)4)24(27(28)29)20-8-6-5-7-9-20/h5-17,23-24H,1-4H3. The first kappa shape index (κ1) is 20.4. The molecule has 5 nitrogen and oxygen atoms in total. The molecule has 0 N–H and O–H groups in total. The van der Waals surface area contributed by atoms with Crippen LogP contribution in [-0.4, -0.2) is 33.1 Å². The molecule has 0 aliphatic carbocycles. The molecule has 150 valence electrons. The fourth-order valence-corrected chi connectivity index (χ4v) is 3.60. The van der Waals surface area contributed by atoms with Gasteiger partial charge in [-0.3, -0.25) is 10.1 Å². The van der Waals surface area contributed by atoms with Gasteiger partial charge < -0.3 is 9.80 Å². The van der Waals surface area contributed by atoms with Crippen molar-refractivity contribution in [1.82, 2.24) is 0 Å². The van der Waals surface area contributed by atoms with Crippen LogP contribution in [0.15, 0.2) is 78.9 Å². The maximum absolute atomic E-state index is 12.2. The van der Waals surface area contributed by atoms with Crippen LogP contribution in [0, 0.1) is 10.1 Å². The average molecular weight is 389 g/mol. The first-order chi connectivity index (χ1) is 13.9. The minimum atomic E-state index is -0.869. The van der Waals surface area contributed by atoms with Gasteiger partial charge in [-0.1, -0.05) is 54.6 Å². The number of anilines is 2. The lowest BCUT2D eigenvalue weighted by Crippen LogP contribution is -2.21. The first-order valence-electron chi connectivity index (χ1n) is 9.61. The third-order valence-corrected chi connectivity index (χ3v) is 5.22. The van der Waals surface area contributed by atoms with Crippen LogP contribution >= 0.6 is 0 Å². The molecule has 0 aromatic heterocycles. The average Bonchev–Trinajstić information content (AvgIpc) is 2.72. The minimum Gasteiger partial charge on any atom is -0.378 e. The fraction of sp³-hybridized carbons (Fsp3) is 0.250. The molecule has 0 saturated heterocycles. The Balaban J connectivity index is 2.13. The second kappa shape index (κ2) is 8.78. The molecule has 0 amide bonds. The summed E-state index contributed by atoms with van der Waals surface area (Å²) in [6.45, 7) is 0. The summed E-state index contributed by atoms with van der Waals surface area (Å²) in [5, 5.41) is 12.2. The van der Waals surface area contributed by atoms with Crippen molar-refractivity contribution >= 4 is 11.4 Å². The molecule has 0 spiro atoms. The van der Waals surface area contributed by atoms with Crippen molar-refractivity contribution in [2.24, 2.45) is 0 Å². The van der Waals surface area contributed by atoms with Gasteiger partial charge in [0, 0.05) is 50.1 Å². The summed E-state index contributed by atoms with van der Waals surface area (Å²) in [6, 6.07) is 24.4. The van der Waals surface area contributed by atoms with Gasteiger partial charge >= 0.3 is 0 Å². The molecule has 1 unspecified atom stereocenters. The normalized spacial score (nSPS) is 11.9. The van der Waals surface area contributed by atoms with E-state index >= 15 is 0 Å². The number of nitro groups is 1. The lowest BCUT2D eigenvalue weighted by molar-refractivity contribution is -0.531. The molecule has 3 aromatic rings. The van der Waals surface area contributed by atoms with Crippen LogP contribution in [0.5, 0.6) is 0 Å². The highest BCUT2D eigenvalue weighted by Crippen LogP contribution is 2.39. The van der Waals surface area contributed by atoms with E-state index in [2.05, 4.69) is 0 Å². The van der Waals surface area contributed by atoms with Crippen molar-refractivity contribution in [3.05, 3.63) is 106 Å². The molecule has 0 heterocycles. The summed E-state index contributed by atoms with van der Waals surface area (Å²) < 4.78 is 0. The highest BCUT2D eigenvalue weighted by Gasteiger charge is 2.35. The second-order valence-electron chi connectivity index (χ2n) is 7.59. The maximum Gasteiger partial charge on any atom is 0.248 e. The van der Waals surface area contributed by atoms with Crippen molar-refractivity contribution in [3.63, 3.8) is 0 Å². The van der Waals surface area contributed by atoms with Crippen LogP contribution in [0.3, 0.4) is 0 Å². The maximum atomic E-state index is 12.2. The highest BCUT2D eigenvalue weighted by molar-refractivity contribution is 5.51. The Morgan fingerprint density at radius 1 is 0.655 bits per heavy atom. The summed E-state index contributed by atoms with van der Waals surface area (Å²) >= 11 is 0. The first-order valence-corrected chi connectivity index (χ1v) is 9.61. The molecule has 0 radical (unpaired) electrons. The van der Waals surface area contributed by atoms with E-state index < -0.39 is 6.04 Å². The summed E-state index contributed by atoms with van der Waals surface area (Å²) in [6.07, 6.45) is 0. The summed E-state index contributed by atoms with van der Waals surface area (Å²) in [7, 11) is 7.93. The Hall–Kier alpha value is -3.34. The number of rotatable bonds is 7. The smallest absolute Gasteiger partial charge is 0.248 e. The summed E-state index contributed by atoms with van der Waals surface area (Å²) in [5.74, 6) is -0.389. The highest BCUT2D eigenvalue weighted by atomic mass is 16.6. The van der Waals surface area contributed by atoms with Crippen molar-refractivity contribution in [1.29, 1.82) is 0 Å². The van der Waals surface area contributed by atoms with E-state index in [4.69, 9.17) is 0 Å². The van der Waals surface area contributed by atoms with Gasteiger partial charge in [0.2, 0.25) is 6.04 Å². The van der Waals surface area contributed by atoms with E-state index in [0.29, 0.717) is 5.56 Å². The molecule has 5 heteroatoms. The molecule has 0 fully saturated rings. The minimum absolute atomic E-state index is 0.167. The van der Waals surface area contributed by atoms with Crippen molar-refractivity contribution in [2.75, 3.05) is 38.0 Å². The molecule has 0 bridgehead atoms. The molecular weight excluding hydrogens is 362 g/mol. The van der Waals surface area contributed by atoms with Gasteiger partial charge in [0.25, 0.3) is 0 Å². The third kappa shape index (κ3) is 4.57. The van der Waals surface area contributed by atoms with E-state index in [1.54, 1.807) is 0 Å². The lowest BCUT2D eigenvalue weighted by atomic mass is 9.82. The molecular formula is C24H27N3O2. The molecule has 0 saturated carbocycles. The molecule has 3 rings (SSSR count). The molecule has 29 heavy (non-hydrogen) atoms. The Bertz CT molecular complexity index is 885. The molecule has 0 aliphatic heterocycles. The third-order valence-electron chi connectivity index (χ3n) is 5.22. The number of hydrogen-bond acceptors (Lipinski definition) is 4. The van der Waals surface area contributed by atoms with Gasteiger partial charge in [-0.2, -0.15) is 0 Å². The Morgan fingerprint density at radius 2 is 1.07 bits per heavy atom. The van der Waals surface area contributed by atoms with Crippen LogP contribution in [0.1, 0.15) is 28.7 Å². The quantitative estimate of drug-likeness (QED) is 0.423. The van der Waals surface area contributed by atoms with E-state index in [9.17, 15) is 10.1 Å². The fourth-order valence-electron chi connectivity index (χ4n) is 3.60. The monoisotopic (exact) mass is 389 g/mol. The SMILES string of the molecule is CN(C)c1ccc(C(c2ccc(N(C)C)cc2)C(c2ccccc2)[N+](=O)[O-])cc1. The Morgan fingerprint density at radius 3 is 1.41 bits per heavy atom. The van der Waals surface area contributed by atoms with Crippen LogP contribution < -0.4 is 9.80 Å². The van der Waals surface area contributed by atoms with E-state index in [1.807, 2.05) is 117 Å². The van der Waals surface area contributed by atoms with Crippen molar-refractivity contribution in [3.8, 4) is 0 Å². The largest absolute Gasteiger partial charge is 0.378 e. The number of nitrogens with zero attached hydrogens (tertiary/aromatic N) is 3. The van der Waals surface area contributed by atoms with Crippen molar-refractivity contribution < 1.29 is 4.92 Å². The summed E-state index contributed by atoms with van der Waals surface area (Å²) in [5.41, 5.74) is 4.69. The van der Waals surface area contributed by atoms with Gasteiger partial charge in [0.1, 0.15) is 0 Å². The lowest BCUT2D eigenvalue weighted by Gasteiger charge is -2.24. The number of hydrogen-bond donors (Lipinski definition) is 0. The van der Waals surface area contributed by atoms with Crippen molar-refractivity contribution in [2.45, 2.75) is 12.0 Å². The zero-order chi connectivity index (χ0) is 21.0. The van der Waals surface area contributed by atoms with Crippen LogP contribution in [0.25, 0.3) is 0 Å². The van der Waals surface area contributed by atoms with Crippen LogP contribution in [0.2, 0.25) is 0 Å². The zero-order valence-corrected chi connectivity index (χ0v) is 17.3. The Labute approximate surface area is 172 Å². The second-order valence-corrected chi connectivity index (χ2v) is 7.59. The molecule has 0 aliphatic rings. The topological polar surface area (TPSA) is 49.6 Å².